The number of pyridine rings is 2. The average molecular weight is 536 g/mol. The molecule has 0 unspecified atom stereocenters. The quantitative estimate of drug-likeness (QED) is 0.231. The number of benzene rings is 1. The van der Waals surface area contributed by atoms with Crippen LogP contribution >= 0.6 is 39.1 Å². The fourth-order valence-corrected chi connectivity index (χ4v) is 3.71. The van der Waals surface area contributed by atoms with Gasteiger partial charge in [-0.25, -0.2) is 4.98 Å². The Balaban J connectivity index is 1.74. The zero-order chi connectivity index (χ0) is 22.9. The van der Waals surface area contributed by atoms with Crippen LogP contribution in [0.15, 0.2) is 59.2 Å². The molecular weight excluding hydrogens is 515 g/mol. The molecule has 32 heavy (non-hydrogen) atoms. The van der Waals surface area contributed by atoms with E-state index in [0.717, 1.165) is 26.9 Å². The molecule has 8 heteroatoms. The van der Waals surface area contributed by atoms with Gasteiger partial charge in [0.25, 0.3) is 0 Å². The minimum atomic E-state index is -0.252. The number of allylic oxidation sites excluding steroid dienone is 1. The topological polar surface area (TPSA) is 61.3 Å². The van der Waals surface area contributed by atoms with Gasteiger partial charge in [0.15, 0.2) is 0 Å². The molecular formula is C24H21BrCl2N2O3. The summed E-state index contributed by atoms with van der Waals surface area (Å²) in [5, 5.41) is 0.908. The van der Waals surface area contributed by atoms with Crippen molar-refractivity contribution in [1.82, 2.24) is 9.97 Å². The number of carbonyl (C=O) groups excluding carboxylic acids is 1. The van der Waals surface area contributed by atoms with Crippen molar-refractivity contribution in [3.8, 4) is 5.88 Å². The van der Waals surface area contributed by atoms with E-state index < -0.39 is 0 Å². The molecule has 0 saturated heterocycles. The number of halogens is 3. The van der Waals surface area contributed by atoms with Gasteiger partial charge in [-0.1, -0.05) is 63.4 Å². The Labute approximate surface area is 205 Å². The van der Waals surface area contributed by atoms with Crippen LogP contribution in [0.2, 0.25) is 10.2 Å². The lowest BCUT2D eigenvalue weighted by atomic mass is 10.0. The Morgan fingerprint density at radius 2 is 2.00 bits per heavy atom. The predicted octanol–water partition coefficient (Wildman–Crippen LogP) is 6.49. The minimum absolute atomic E-state index is 0.214. The van der Waals surface area contributed by atoms with Crippen LogP contribution in [0.4, 0.5) is 0 Å². The van der Waals surface area contributed by atoms with E-state index in [-0.39, 0.29) is 19.0 Å². The summed E-state index contributed by atoms with van der Waals surface area (Å²) < 4.78 is 11.7. The van der Waals surface area contributed by atoms with Crippen molar-refractivity contribution in [3.63, 3.8) is 0 Å². The lowest BCUT2D eigenvalue weighted by Crippen LogP contribution is -2.08. The Morgan fingerprint density at radius 1 is 1.16 bits per heavy atom. The van der Waals surface area contributed by atoms with Crippen molar-refractivity contribution in [2.24, 2.45) is 0 Å². The predicted molar refractivity (Wildman–Crippen MR) is 130 cm³/mol. The first kappa shape index (κ1) is 24.2. The molecule has 0 N–H and O–H groups in total. The second kappa shape index (κ2) is 12.0. The lowest BCUT2D eigenvalue weighted by molar-refractivity contribution is -0.142. The van der Waals surface area contributed by atoms with Gasteiger partial charge in [0.1, 0.15) is 11.8 Å². The molecule has 1 aromatic carbocycles. The van der Waals surface area contributed by atoms with Gasteiger partial charge >= 0.3 is 5.97 Å². The van der Waals surface area contributed by atoms with Crippen molar-refractivity contribution >= 4 is 51.2 Å². The molecule has 0 bridgehead atoms. The number of ether oxygens (including phenoxy) is 2. The molecule has 3 rings (SSSR count). The van der Waals surface area contributed by atoms with Crippen molar-refractivity contribution < 1.29 is 14.3 Å². The molecule has 0 aliphatic rings. The van der Waals surface area contributed by atoms with Crippen LogP contribution in [0.1, 0.15) is 29.3 Å². The van der Waals surface area contributed by atoms with Gasteiger partial charge in [-0.15, -0.1) is 0 Å². The largest absolute Gasteiger partial charge is 0.471 e. The number of aromatic nitrogens is 2. The maximum atomic E-state index is 11.9. The third kappa shape index (κ3) is 7.33. The van der Waals surface area contributed by atoms with Gasteiger partial charge < -0.3 is 9.47 Å². The van der Waals surface area contributed by atoms with Crippen LogP contribution in [0.25, 0.3) is 6.08 Å². The Bertz CT molecular complexity index is 1120. The molecule has 0 radical (unpaired) electrons. The van der Waals surface area contributed by atoms with E-state index >= 15 is 0 Å². The summed E-state index contributed by atoms with van der Waals surface area (Å²) in [5.41, 5.74) is 3.51. The van der Waals surface area contributed by atoms with Crippen molar-refractivity contribution in [1.29, 1.82) is 0 Å². The van der Waals surface area contributed by atoms with Crippen LogP contribution in [-0.4, -0.2) is 22.5 Å². The highest BCUT2D eigenvalue weighted by atomic mass is 79.9. The summed E-state index contributed by atoms with van der Waals surface area (Å²) in [4.78, 5) is 20.5. The summed E-state index contributed by atoms with van der Waals surface area (Å²) in [6.07, 6.45) is 6.37. The molecule has 0 fully saturated rings. The van der Waals surface area contributed by atoms with Crippen molar-refractivity contribution in [3.05, 3.63) is 91.8 Å². The van der Waals surface area contributed by atoms with E-state index in [9.17, 15) is 4.79 Å². The highest BCUT2D eigenvalue weighted by Gasteiger charge is 2.09. The molecule has 3 aromatic rings. The Hall–Kier alpha value is -2.41. The van der Waals surface area contributed by atoms with Crippen molar-refractivity contribution in [2.75, 3.05) is 6.61 Å². The van der Waals surface area contributed by atoms with E-state index in [1.54, 1.807) is 31.3 Å². The maximum absolute atomic E-state index is 11.9. The van der Waals surface area contributed by atoms with E-state index in [2.05, 4.69) is 25.9 Å². The maximum Gasteiger partial charge on any atom is 0.310 e. The lowest BCUT2D eigenvalue weighted by Gasteiger charge is -2.10. The fourth-order valence-electron chi connectivity index (χ4n) is 2.99. The Morgan fingerprint density at radius 3 is 2.78 bits per heavy atom. The number of nitrogens with zero attached hydrogens (tertiary/aromatic N) is 2. The highest BCUT2D eigenvalue weighted by molar-refractivity contribution is 9.10. The van der Waals surface area contributed by atoms with Crippen molar-refractivity contribution in [2.45, 2.75) is 26.4 Å². The number of carbonyl (C=O) groups is 1. The van der Waals surface area contributed by atoms with E-state index in [1.165, 1.54) is 0 Å². The second-order valence-electron chi connectivity index (χ2n) is 6.78. The van der Waals surface area contributed by atoms with Crippen LogP contribution < -0.4 is 4.74 Å². The zero-order valence-corrected chi connectivity index (χ0v) is 20.5. The number of hydrogen-bond acceptors (Lipinski definition) is 5. The third-order valence-corrected chi connectivity index (χ3v) is 5.37. The van der Waals surface area contributed by atoms with Crippen LogP contribution in [0.3, 0.4) is 0 Å². The second-order valence-corrected chi connectivity index (χ2v) is 8.52. The molecule has 2 heterocycles. The zero-order valence-electron chi connectivity index (χ0n) is 17.4. The normalized spacial score (nSPS) is 11.0. The molecule has 0 aliphatic heterocycles. The van der Waals surface area contributed by atoms with Gasteiger partial charge in [-0.05, 0) is 54.3 Å². The summed E-state index contributed by atoms with van der Waals surface area (Å²) in [5.74, 6) is 0.172. The van der Waals surface area contributed by atoms with Crippen LogP contribution in [0.5, 0.6) is 5.88 Å². The van der Waals surface area contributed by atoms with E-state index in [1.807, 2.05) is 36.4 Å². The molecule has 0 aliphatic carbocycles. The van der Waals surface area contributed by atoms with Gasteiger partial charge in [0.2, 0.25) is 5.88 Å². The average Bonchev–Trinajstić information content (AvgIpc) is 2.75. The van der Waals surface area contributed by atoms with Crippen LogP contribution in [-0.2, 0) is 29.0 Å². The van der Waals surface area contributed by atoms with E-state index in [0.29, 0.717) is 29.1 Å². The molecule has 166 valence electrons. The molecule has 0 spiro atoms. The van der Waals surface area contributed by atoms with Crippen LogP contribution in [0, 0.1) is 0 Å². The molecule has 2 aromatic heterocycles. The monoisotopic (exact) mass is 534 g/mol. The third-order valence-electron chi connectivity index (χ3n) is 4.46. The number of rotatable bonds is 9. The molecule has 0 amide bonds. The molecule has 0 saturated carbocycles. The summed E-state index contributed by atoms with van der Waals surface area (Å²) in [6.45, 7) is 2.39. The summed E-state index contributed by atoms with van der Waals surface area (Å²) in [7, 11) is 0. The SMILES string of the molecule is CCOC(=O)Cc1ccc(Br)cc1/C=C/Cc1cc(Cl)cnc1COc1cccc(Cl)n1. The van der Waals surface area contributed by atoms with Gasteiger partial charge in [-0.2, -0.15) is 0 Å². The van der Waals surface area contributed by atoms with E-state index in [4.69, 9.17) is 32.7 Å². The first-order valence-electron chi connectivity index (χ1n) is 9.94. The van der Waals surface area contributed by atoms with Gasteiger partial charge in [0.05, 0.1) is 23.7 Å². The standard InChI is InChI=1S/C24H21BrCl2N2O3/c1-2-31-24(30)13-17-9-10-19(25)11-16(17)5-3-6-18-12-20(26)14-28-21(18)15-32-23-8-4-7-22(27)29-23/h3-5,7-12,14H,2,6,13,15H2,1H3/b5-3+. The Kier molecular flexibility index (Phi) is 9.09. The highest BCUT2D eigenvalue weighted by Crippen LogP contribution is 2.21. The minimum Gasteiger partial charge on any atom is -0.471 e. The fraction of sp³-hybridized carbons (Fsp3) is 0.208. The number of esters is 1. The first-order chi connectivity index (χ1) is 15.4. The van der Waals surface area contributed by atoms with Gasteiger partial charge in [0, 0.05) is 16.7 Å². The summed E-state index contributed by atoms with van der Waals surface area (Å²) in [6, 6.07) is 12.9. The molecule has 5 nitrogen and oxygen atoms in total. The first-order valence-corrected chi connectivity index (χ1v) is 11.5. The smallest absolute Gasteiger partial charge is 0.310 e. The summed E-state index contributed by atoms with van der Waals surface area (Å²) >= 11 is 15.6. The number of hydrogen-bond donors (Lipinski definition) is 0. The molecule has 0 atom stereocenters. The van der Waals surface area contributed by atoms with Gasteiger partial charge in [-0.3, -0.25) is 9.78 Å².